The number of imidazole rings is 1. The molecule has 7 nitrogen and oxygen atoms in total. The van der Waals surface area contributed by atoms with E-state index in [1.54, 1.807) is 12.1 Å². The molecular weight excluding hydrogens is 391 g/mol. The first kappa shape index (κ1) is 19.9. The molecule has 2 aromatic carbocycles. The van der Waals surface area contributed by atoms with Crippen molar-refractivity contribution in [3.05, 3.63) is 70.2 Å². The minimum Gasteiger partial charge on any atom is -0.452 e. The minimum atomic E-state index is -4.49. The number of carbonyl (C=O) groups excluding carboxylic acids is 2. The average molecular weight is 405 g/mol. The number of ether oxygens (including phenoxy) is 1. The number of nitrogens with one attached hydrogen (secondary N) is 3. The third-order valence-corrected chi connectivity index (χ3v) is 3.77. The number of hydrogen-bond acceptors (Lipinski definition) is 4. The largest absolute Gasteiger partial charge is 0.452 e. The average Bonchev–Trinajstić information content (AvgIpc) is 3.03. The summed E-state index contributed by atoms with van der Waals surface area (Å²) in [4.78, 5) is 39.9. The Morgan fingerprint density at radius 3 is 2.59 bits per heavy atom. The normalized spacial score (nSPS) is 11.7. The summed E-state index contributed by atoms with van der Waals surface area (Å²) in [6, 6.07) is 9.09. The van der Waals surface area contributed by atoms with E-state index in [0.29, 0.717) is 16.7 Å². The van der Waals surface area contributed by atoms with Crippen molar-refractivity contribution in [1.82, 2.24) is 9.97 Å². The molecule has 1 heterocycles. The smallest absolute Gasteiger partial charge is 0.416 e. The Morgan fingerprint density at radius 1 is 1.07 bits per heavy atom. The van der Waals surface area contributed by atoms with Crippen LogP contribution in [0.4, 0.5) is 18.9 Å². The molecule has 29 heavy (non-hydrogen) atoms. The van der Waals surface area contributed by atoms with Gasteiger partial charge in [0.1, 0.15) is 0 Å². The molecule has 3 rings (SSSR count). The lowest BCUT2D eigenvalue weighted by Crippen LogP contribution is -2.20. The Morgan fingerprint density at radius 2 is 1.83 bits per heavy atom. The van der Waals surface area contributed by atoms with Crippen LogP contribution in [0.25, 0.3) is 17.1 Å². The number of rotatable bonds is 5. The van der Waals surface area contributed by atoms with Gasteiger partial charge in [-0.1, -0.05) is 12.1 Å². The second kappa shape index (κ2) is 8.05. The molecule has 0 saturated carbocycles. The number of halogens is 3. The SMILES string of the molecule is O=C(COC(=O)C=Cc1cccc(C(F)(F)F)c1)Nc1ccc2[nH]c(=O)[nH]c2c1. The van der Waals surface area contributed by atoms with Crippen LogP contribution in [0.1, 0.15) is 11.1 Å². The van der Waals surface area contributed by atoms with Crippen LogP contribution in [-0.2, 0) is 20.5 Å². The maximum Gasteiger partial charge on any atom is 0.416 e. The van der Waals surface area contributed by atoms with Crippen LogP contribution in [-0.4, -0.2) is 28.5 Å². The fraction of sp³-hybridized carbons (Fsp3) is 0.105. The molecule has 0 unspecified atom stereocenters. The summed E-state index contributed by atoms with van der Waals surface area (Å²) in [5.41, 5.74) is 0.384. The Bertz CT molecular complexity index is 1150. The van der Waals surface area contributed by atoms with Gasteiger partial charge in [0.15, 0.2) is 6.61 Å². The van der Waals surface area contributed by atoms with Crippen LogP contribution in [0, 0.1) is 0 Å². The maximum atomic E-state index is 12.7. The summed E-state index contributed by atoms with van der Waals surface area (Å²) in [5.74, 6) is -1.51. The molecule has 150 valence electrons. The lowest BCUT2D eigenvalue weighted by molar-refractivity contribution is -0.142. The van der Waals surface area contributed by atoms with Gasteiger partial charge in [0.05, 0.1) is 16.6 Å². The van der Waals surface area contributed by atoms with E-state index in [1.807, 2.05) is 0 Å². The molecule has 0 aliphatic carbocycles. The van der Waals surface area contributed by atoms with E-state index in [1.165, 1.54) is 18.2 Å². The van der Waals surface area contributed by atoms with Crippen molar-refractivity contribution in [3.63, 3.8) is 0 Å². The minimum absolute atomic E-state index is 0.162. The zero-order valence-corrected chi connectivity index (χ0v) is 14.7. The first-order valence-corrected chi connectivity index (χ1v) is 8.25. The molecule has 0 spiro atoms. The molecule has 1 amide bonds. The fourth-order valence-electron chi connectivity index (χ4n) is 2.48. The van der Waals surface area contributed by atoms with E-state index in [0.717, 1.165) is 24.3 Å². The zero-order valence-electron chi connectivity index (χ0n) is 14.7. The van der Waals surface area contributed by atoms with Gasteiger partial charge in [0, 0.05) is 11.8 Å². The van der Waals surface area contributed by atoms with Crippen LogP contribution in [0.5, 0.6) is 0 Å². The van der Waals surface area contributed by atoms with Gasteiger partial charge in [-0.2, -0.15) is 13.2 Å². The van der Waals surface area contributed by atoms with Crippen molar-refractivity contribution in [2.75, 3.05) is 11.9 Å². The van der Waals surface area contributed by atoms with Gasteiger partial charge in [-0.25, -0.2) is 9.59 Å². The number of amides is 1. The summed E-state index contributed by atoms with van der Waals surface area (Å²) in [6.07, 6.45) is -2.40. The van der Waals surface area contributed by atoms with Crippen LogP contribution in [0.3, 0.4) is 0 Å². The van der Waals surface area contributed by atoms with Crippen LogP contribution in [0.2, 0.25) is 0 Å². The Labute approximate surface area is 161 Å². The van der Waals surface area contributed by atoms with Gasteiger partial charge in [-0.15, -0.1) is 0 Å². The lowest BCUT2D eigenvalue weighted by Gasteiger charge is -2.07. The number of carbonyl (C=O) groups is 2. The molecule has 0 radical (unpaired) electrons. The highest BCUT2D eigenvalue weighted by atomic mass is 19.4. The lowest BCUT2D eigenvalue weighted by atomic mass is 10.1. The summed E-state index contributed by atoms with van der Waals surface area (Å²) in [5, 5.41) is 2.50. The summed E-state index contributed by atoms with van der Waals surface area (Å²) in [6.45, 7) is -0.590. The van der Waals surface area contributed by atoms with Gasteiger partial charge >= 0.3 is 17.8 Å². The molecule has 0 saturated heterocycles. The predicted octanol–water partition coefficient (Wildman–Crippen LogP) is 3.07. The van der Waals surface area contributed by atoms with Gasteiger partial charge in [0.25, 0.3) is 5.91 Å². The topological polar surface area (TPSA) is 104 Å². The highest BCUT2D eigenvalue weighted by Gasteiger charge is 2.30. The summed E-state index contributed by atoms with van der Waals surface area (Å²) < 4.78 is 42.8. The van der Waals surface area contributed by atoms with Crippen molar-refractivity contribution >= 4 is 34.7 Å². The number of fused-ring (bicyclic) bond motifs is 1. The molecule has 0 bridgehead atoms. The molecule has 0 fully saturated rings. The van der Waals surface area contributed by atoms with Crippen molar-refractivity contribution < 1.29 is 27.5 Å². The van der Waals surface area contributed by atoms with Gasteiger partial charge in [-0.05, 0) is 42.0 Å². The first-order valence-electron chi connectivity index (χ1n) is 8.25. The van der Waals surface area contributed by atoms with Gasteiger partial charge < -0.3 is 20.0 Å². The second-order valence-electron chi connectivity index (χ2n) is 5.95. The molecular formula is C19H14F3N3O4. The number of alkyl halides is 3. The zero-order chi connectivity index (χ0) is 21.0. The number of hydrogen-bond donors (Lipinski definition) is 3. The van der Waals surface area contributed by atoms with Crippen LogP contribution in [0.15, 0.2) is 53.3 Å². The highest BCUT2D eigenvalue weighted by Crippen LogP contribution is 2.29. The van der Waals surface area contributed by atoms with E-state index in [9.17, 15) is 27.6 Å². The Hall–Kier alpha value is -3.82. The van der Waals surface area contributed by atoms with Crippen LogP contribution >= 0.6 is 0 Å². The second-order valence-corrected chi connectivity index (χ2v) is 5.95. The molecule has 3 aromatic rings. The number of H-pyrrole nitrogens is 2. The Balaban J connectivity index is 1.53. The van der Waals surface area contributed by atoms with Crippen molar-refractivity contribution in [1.29, 1.82) is 0 Å². The van der Waals surface area contributed by atoms with E-state index >= 15 is 0 Å². The van der Waals surface area contributed by atoms with Gasteiger partial charge in [0.2, 0.25) is 0 Å². The predicted molar refractivity (Wildman–Crippen MR) is 99.0 cm³/mol. The van der Waals surface area contributed by atoms with E-state index in [4.69, 9.17) is 4.74 Å². The van der Waals surface area contributed by atoms with Crippen molar-refractivity contribution in [2.24, 2.45) is 0 Å². The molecule has 0 atom stereocenters. The summed E-state index contributed by atoms with van der Waals surface area (Å²) >= 11 is 0. The Kier molecular flexibility index (Phi) is 5.53. The molecule has 10 heteroatoms. The van der Waals surface area contributed by atoms with Crippen LogP contribution < -0.4 is 11.0 Å². The van der Waals surface area contributed by atoms with Crippen molar-refractivity contribution in [3.8, 4) is 0 Å². The summed E-state index contributed by atoms with van der Waals surface area (Å²) in [7, 11) is 0. The van der Waals surface area contributed by atoms with Crippen molar-refractivity contribution in [2.45, 2.75) is 6.18 Å². The number of aromatic amines is 2. The van der Waals surface area contributed by atoms with Gasteiger partial charge in [-0.3, -0.25) is 4.79 Å². The number of aromatic nitrogens is 2. The van der Waals surface area contributed by atoms with E-state index in [-0.39, 0.29) is 11.3 Å². The highest BCUT2D eigenvalue weighted by molar-refractivity contribution is 5.96. The molecule has 3 N–H and O–H groups in total. The third kappa shape index (κ3) is 5.34. The maximum absolute atomic E-state index is 12.7. The first-order chi connectivity index (χ1) is 13.7. The molecule has 0 aliphatic rings. The van der Waals surface area contributed by atoms with E-state index in [2.05, 4.69) is 15.3 Å². The molecule has 0 aliphatic heterocycles. The number of benzene rings is 2. The standard InChI is InChI=1S/C19H14F3N3O4/c20-19(21,22)12-3-1-2-11(8-12)4-7-17(27)29-10-16(26)23-13-5-6-14-15(9-13)25-18(28)24-14/h1-9H,10H2,(H,23,26)(H2,24,25,28). The quantitative estimate of drug-likeness (QED) is 0.448. The third-order valence-electron chi connectivity index (χ3n) is 3.77. The molecule has 1 aromatic heterocycles. The number of esters is 1. The number of anilines is 1. The monoisotopic (exact) mass is 405 g/mol. The van der Waals surface area contributed by atoms with E-state index < -0.39 is 30.2 Å². The fourth-order valence-corrected chi connectivity index (χ4v) is 2.48.